The Labute approximate surface area is 195 Å². The zero-order valence-electron chi connectivity index (χ0n) is 17.7. The highest BCUT2D eigenvalue weighted by molar-refractivity contribution is 7.16. The molecule has 172 valence electrons. The molecule has 0 unspecified atom stereocenters. The summed E-state index contributed by atoms with van der Waals surface area (Å²) in [4.78, 5) is 38.9. The molecule has 0 bridgehead atoms. The second kappa shape index (κ2) is 8.60. The minimum absolute atomic E-state index is 0.0720. The van der Waals surface area contributed by atoms with Gasteiger partial charge in [0, 0.05) is 16.3 Å². The molecule has 1 N–H and O–H groups in total. The summed E-state index contributed by atoms with van der Waals surface area (Å²) in [5.74, 6) is -0.726. The van der Waals surface area contributed by atoms with Crippen LogP contribution in [-0.2, 0) is 4.74 Å². The number of esters is 1. The van der Waals surface area contributed by atoms with Gasteiger partial charge < -0.3 is 19.5 Å². The number of rotatable bonds is 5. The molecule has 0 aliphatic carbocycles. The minimum Gasteiger partial charge on any atom is -0.461 e. The molecule has 5 rings (SSSR count). The van der Waals surface area contributed by atoms with Crippen LogP contribution in [0.4, 0.5) is 9.39 Å². The van der Waals surface area contributed by atoms with Crippen LogP contribution in [0.15, 0.2) is 52.6 Å². The first-order valence-corrected chi connectivity index (χ1v) is 11.0. The molecule has 0 radical (unpaired) electrons. The van der Waals surface area contributed by atoms with Crippen molar-refractivity contribution in [2.24, 2.45) is 0 Å². The van der Waals surface area contributed by atoms with Crippen molar-refractivity contribution in [3.63, 3.8) is 0 Å². The molecule has 1 aliphatic heterocycles. The van der Waals surface area contributed by atoms with Crippen molar-refractivity contribution in [2.45, 2.75) is 6.92 Å². The number of anilines is 1. The van der Waals surface area contributed by atoms with E-state index in [0.717, 1.165) is 16.0 Å². The van der Waals surface area contributed by atoms with Crippen LogP contribution in [0.3, 0.4) is 0 Å². The van der Waals surface area contributed by atoms with E-state index < -0.39 is 23.3 Å². The highest BCUT2D eigenvalue weighted by Gasteiger charge is 2.24. The average molecular weight is 481 g/mol. The zero-order chi connectivity index (χ0) is 23.8. The predicted molar refractivity (Wildman–Crippen MR) is 122 cm³/mol. The molecule has 1 aliphatic rings. The van der Waals surface area contributed by atoms with Crippen LogP contribution >= 0.6 is 11.3 Å². The topological polar surface area (TPSA) is 109 Å². The van der Waals surface area contributed by atoms with E-state index in [0.29, 0.717) is 17.1 Å². The van der Waals surface area contributed by atoms with E-state index in [-0.39, 0.29) is 40.6 Å². The van der Waals surface area contributed by atoms with E-state index in [1.807, 2.05) is 0 Å². The van der Waals surface area contributed by atoms with E-state index >= 15 is 0 Å². The fourth-order valence-corrected chi connectivity index (χ4v) is 4.39. The van der Waals surface area contributed by atoms with Crippen LogP contribution in [0, 0.1) is 5.82 Å². The zero-order valence-corrected chi connectivity index (χ0v) is 18.5. The molecule has 34 heavy (non-hydrogen) atoms. The number of fused-ring (bicyclic) bond motifs is 2. The van der Waals surface area contributed by atoms with Gasteiger partial charge in [0.15, 0.2) is 17.2 Å². The number of nitrogens with one attached hydrogen (secondary N) is 1. The molecule has 2 aromatic heterocycles. The van der Waals surface area contributed by atoms with E-state index in [1.54, 1.807) is 24.4 Å². The summed E-state index contributed by atoms with van der Waals surface area (Å²) in [6, 6.07) is 9.80. The summed E-state index contributed by atoms with van der Waals surface area (Å²) in [5.41, 5.74) is -0.139. The summed E-state index contributed by atoms with van der Waals surface area (Å²) < 4.78 is 30.1. The quantitative estimate of drug-likeness (QED) is 0.433. The Morgan fingerprint density at radius 3 is 2.71 bits per heavy atom. The second-order valence-corrected chi connectivity index (χ2v) is 8.02. The van der Waals surface area contributed by atoms with Crippen LogP contribution < -0.4 is 20.3 Å². The summed E-state index contributed by atoms with van der Waals surface area (Å²) in [6.45, 7) is 1.83. The van der Waals surface area contributed by atoms with Gasteiger partial charge in [-0.3, -0.25) is 9.59 Å². The third-order valence-corrected chi connectivity index (χ3v) is 5.95. The number of halogens is 1. The Kier molecular flexibility index (Phi) is 5.46. The van der Waals surface area contributed by atoms with Gasteiger partial charge in [-0.2, -0.15) is 9.78 Å². The number of carbonyl (C=O) groups is 2. The molecule has 0 fully saturated rings. The van der Waals surface area contributed by atoms with Gasteiger partial charge in [0.25, 0.3) is 11.5 Å². The maximum absolute atomic E-state index is 13.4. The van der Waals surface area contributed by atoms with Crippen molar-refractivity contribution in [3.8, 4) is 17.2 Å². The lowest BCUT2D eigenvalue weighted by Gasteiger charge is -2.10. The van der Waals surface area contributed by atoms with Crippen molar-refractivity contribution in [3.05, 3.63) is 75.3 Å². The van der Waals surface area contributed by atoms with Gasteiger partial charge >= 0.3 is 5.97 Å². The molecule has 0 saturated heterocycles. The number of ether oxygens (including phenoxy) is 3. The Bertz CT molecular complexity index is 1500. The van der Waals surface area contributed by atoms with Crippen LogP contribution in [0.25, 0.3) is 16.5 Å². The lowest BCUT2D eigenvalue weighted by atomic mass is 10.2. The third-order valence-electron chi connectivity index (χ3n) is 5.05. The Balaban J connectivity index is 1.61. The van der Waals surface area contributed by atoms with Crippen LogP contribution in [-0.4, -0.2) is 35.1 Å². The second-order valence-electron chi connectivity index (χ2n) is 7.14. The summed E-state index contributed by atoms with van der Waals surface area (Å²) in [5, 5.41) is 9.02. The smallest absolute Gasteiger partial charge is 0.359 e. The molecular weight excluding hydrogens is 465 g/mol. The fourth-order valence-electron chi connectivity index (χ4n) is 3.46. The number of nitrogens with zero attached hydrogens (tertiary/aromatic N) is 2. The Hall–Kier alpha value is -4.25. The molecule has 11 heteroatoms. The lowest BCUT2D eigenvalue weighted by molar-refractivity contribution is 0.0520. The van der Waals surface area contributed by atoms with E-state index in [2.05, 4.69) is 10.4 Å². The van der Waals surface area contributed by atoms with Gasteiger partial charge in [-0.25, -0.2) is 9.18 Å². The number of hydrogen-bond donors (Lipinski definition) is 1. The Morgan fingerprint density at radius 2 is 1.94 bits per heavy atom. The molecule has 1 amide bonds. The lowest BCUT2D eigenvalue weighted by Crippen LogP contribution is -2.25. The number of amides is 1. The first-order valence-electron chi connectivity index (χ1n) is 10.1. The van der Waals surface area contributed by atoms with Gasteiger partial charge in [0.05, 0.1) is 17.7 Å². The van der Waals surface area contributed by atoms with E-state index in [1.165, 1.54) is 30.3 Å². The summed E-state index contributed by atoms with van der Waals surface area (Å²) in [7, 11) is 0. The molecule has 2 aromatic carbocycles. The molecule has 4 aromatic rings. The highest BCUT2D eigenvalue weighted by atomic mass is 32.1. The molecule has 9 nitrogen and oxygen atoms in total. The van der Waals surface area contributed by atoms with E-state index in [9.17, 15) is 18.8 Å². The minimum atomic E-state index is -0.727. The predicted octanol–water partition coefficient (Wildman–Crippen LogP) is 3.74. The Morgan fingerprint density at radius 1 is 1.18 bits per heavy atom. The SMILES string of the molecule is CCOC(=O)c1nn(-c2ccc(F)cc2)c(=O)c2c(NC(=O)c3ccc4c(c3)OCO4)scc12. The van der Waals surface area contributed by atoms with Crippen LogP contribution in [0.1, 0.15) is 27.8 Å². The molecule has 3 heterocycles. The number of hydrogen-bond acceptors (Lipinski definition) is 8. The van der Waals surface area contributed by atoms with Crippen molar-refractivity contribution >= 4 is 39.0 Å². The molecular formula is C23H16FN3O6S. The maximum atomic E-state index is 13.4. The van der Waals surface area contributed by atoms with Gasteiger partial charge in [-0.1, -0.05) is 0 Å². The molecule has 0 atom stereocenters. The summed E-state index contributed by atoms with van der Waals surface area (Å²) in [6.07, 6.45) is 0. The number of benzene rings is 2. The van der Waals surface area contributed by atoms with Gasteiger partial charge in [-0.15, -0.1) is 11.3 Å². The third kappa shape index (κ3) is 3.75. The number of carbonyl (C=O) groups excluding carboxylic acids is 2. The molecule has 0 saturated carbocycles. The first kappa shape index (κ1) is 21.6. The van der Waals surface area contributed by atoms with Crippen molar-refractivity contribution < 1.29 is 28.2 Å². The van der Waals surface area contributed by atoms with Crippen molar-refractivity contribution in [1.29, 1.82) is 0 Å². The van der Waals surface area contributed by atoms with Gasteiger partial charge in [-0.05, 0) is 49.4 Å². The van der Waals surface area contributed by atoms with E-state index in [4.69, 9.17) is 14.2 Å². The largest absolute Gasteiger partial charge is 0.461 e. The molecule has 0 spiro atoms. The van der Waals surface area contributed by atoms with Crippen molar-refractivity contribution in [1.82, 2.24) is 9.78 Å². The van der Waals surface area contributed by atoms with Crippen LogP contribution in [0.2, 0.25) is 0 Å². The van der Waals surface area contributed by atoms with Crippen molar-refractivity contribution in [2.75, 3.05) is 18.7 Å². The summed E-state index contributed by atoms with van der Waals surface area (Å²) >= 11 is 1.07. The fraction of sp³-hybridized carbons (Fsp3) is 0.130. The van der Waals surface area contributed by atoms with Gasteiger partial charge in [0.1, 0.15) is 10.8 Å². The highest BCUT2D eigenvalue weighted by Crippen LogP contribution is 2.34. The standard InChI is InChI=1S/C23H16FN3O6S/c1-2-31-23(30)19-15-10-34-21(25-20(28)12-3-8-16-17(9-12)33-11-32-16)18(15)22(29)27(26-19)14-6-4-13(24)5-7-14/h3-10H,2,11H2,1H3,(H,25,28). The monoisotopic (exact) mass is 481 g/mol. The average Bonchev–Trinajstić information content (AvgIpc) is 3.47. The van der Waals surface area contributed by atoms with Crippen LogP contribution in [0.5, 0.6) is 11.5 Å². The number of aromatic nitrogens is 2. The van der Waals surface area contributed by atoms with Gasteiger partial charge in [0.2, 0.25) is 6.79 Å². The number of thiophene rings is 1. The normalized spacial score (nSPS) is 12.1. The maximum Gasteiger partial charge on any atom is 0.359 e. The first-order chi connectivity index (χ1) is 16.5.